The molecule has 1 fully saturated rings. The van der Waals surface area contributed by atoms with Gasteiger partial charge in [0.1, 0.15) is 6.10 Å². The van der Waals surface area contributed by atoms with Gasteiger partial charge in [0.05, 0.1) is 0 Å². The van der Waals surface area contributed by atoms with Crippen molar-refractivity contribution in [3.05, 3.63) is 0 Å². The molecule has 0 unspecified atom stereocenters. The highest BCUT2D eigenvalue weighted by atomic mass is 35.5. The first kappa shape index (κ1) is 11.7. The van der Waals surface area contributed by atoms with Crippen molar-refractivity contribution < 1.29 is 14.6 Å². The maximum atomic E-state index is 10.3. The van der Waals surface area contributed by atoms with Crippen LogP contribution in [0.25, 0.3) is 0 Å². The van der Waals surface area contributed by atoms with E-state index in [1.165, 1.54) is 6.92 Å². The lowest BCUT2D eigenvalue weighted by Crippen LogP contribution is -2.32. The van der Waals surface area contributed by atoms with Crippen molar-refractivity contribution in [3.8, 4) is 0 Å². The Kier molecular flexibility index (Phi) is 6.06. The minimum Gasteiger partial charge on any atom is -0.317 e. The van der Waals surface area contributed by atoms with Crippen LogP contribution in [0.3, 0.4) is 0 Å². The Morgan fingerprint density at radius 2 is 2.00 bits per heavy atom. The summed E-state index contributed by atoms with van der Waals surface area (Å²) >= 11 is 0. The summed E-state index contributed by atoms with van der Waals surface area (Å²) in [6.07, 6.45) is 1.90. The third kappa shape index (κ3) is 4.54. The molecule has 0 spiro atoms. The van der Waals surface area contributed by atoms with Gasteiger partial charge >= 0.3 is 5.97 Å². The molecule has 0 amide bonds. The quantitative estimate of drug-likeness (QED) is 0.520. The van der Waals surface area contributed by atoms with Crippen LogP contribution in [0.2, 0.25) is 0 Å². The van der Waals surface area contributed by atoms with E-state index in [4.69, 9.17) is 4.89 Å². The van der Waals surface area contributed by atoms with Crippen LogP contribution in [0.5, 0.6) is 0 Å². The van der Waals surface area contributed by atoms with E-state index in [1.54, 1.807) is 0 Å². The van der Waals surface area contributed by atoms with Crippen molar-refractivity contribution >= 4 is 18.4 Å². The SMILES string of the molecule is CC(=O)OOC1CCNCC1.Cl. The molecule has 0 saturated carbocycles. The Bertz CT molecular complexity index is 137. The smallest absolute Gasteiger partial charge is 0.317 e. The fraction of sp³-hybridized carbons (Fsp3) is 0.857. The minimum atomic E-state index is -0.386. The molecule has 0 radical (unpaired) electrons. The van der Waals surface area contributed by atoms with Gasteiger partial charge in [-0.25, -0.2) is 4.79 Å². The van der Waals surface area contributed by atoms with Crippen molar-refractivity contribution in [1.29, 1.82) is 0 Å². The molecule has 0 atom stereocenters. The lowest BCUT2D eigenvalue weighted by molar-refractivity contribution is -0.299. The maximum Gasteiger partial charge on any atom is 0.339 e. The van der Waals surface area contributed by atoms with Gasteiger partial charge in [0, 0.05) is 6.92 Å². The second kappa shape index (κ2) is 6.22. The third-order valence-electron chi connectivity index (χ3n) is 1.59. The number of halogens is 1. The molecule has 1 aliphatic heterocycles. The molecule has 5 heteroatoms. The van der Waals surface area contributed by atoms with Crippen LogP contribution in [0.1, 0.15) is 19.8 Å². The molecule has 12 heavy (non-hydrogen) atoms. The van der Waals surface area contributed by atoms with Crippen LogP contribution >= 0.6 is 12.4 Å². The zero-order valence-corrected chi connectivity index (χ0v) is 7.86. The van der Waals surface area contributed by atoms with Crippen molar-refractivity contribution in [3.63, 3.8) is 0 Å². The molecule has 1 rings (SSSR count). The Morgan fingerprint density at radius 3 is 2.50 bits per heavy atom. The van der Waals surface area contributed by atoms with E-state index in [0.717, 1.165) is 25.9 Å². The molecule has 1 heterocycles. The average Bonchev–Trinajstić information content (AvgIpc) is 2.03. The molecular formula is C7H14ClNO3. The van der Waals surface area contributed by atoms with Gasteiger partial charge in [-0.3, -0.25) is 4.89 Å². The lowest BCUT2D eigenvalue weighted by atomic mass is 10.1. The van der Waals surface area contributed by atoms with E-state index < -0.39 is 0 Å². The van der Waals surface area contributed by atoms with Gasteiger partial charge in [-0.05, 0) is 25.9 Å². The Morgan fingerprint density at radius 1 is 1.42 bits per heavy atom. The van der Waals surface area contributed by atoms with E-state index >= 15 is 0 Å². The number of piperidine rings is 1. The molecule has 0 aromatic carbocycles. The largest absolute Gasteiger partial charge is 0.339 e. The van der Waals surface area contributed by atoms with Crippen LogP contribution in [-0.2, 0) is 14.6 Å². The molecule has 1 N–H and O–H groups in total. The molecular weight excluding hydrogens is 182 g/mol. The molecule has 1 aliphatic rings. The highest BCUT2D eigenvalue weighted by molar-refractivity contribution is 5.85. The second-order valence-corrected chi connectivity index (χ2v) is 2.62. The molecule has 4 nitrogen and oxygen atoms in total. The lowest BCUT2D eigenvalue weighted by Gasteiger charge is -2.20. The number of carbonyl (C=O) groups is 1. The first-order valence-electron chi connectivity index (χ1n) is 3.83. The zero-order valence-electron chi connectivity index (χ0n) is 7.04. The number of carbonyl (C=O) groups excluding carboxylic acids is 1. The standard InChI is InChI=1S/C7H13NO3.ClH/c1-6(9)10-11-7-2-4-8-5-3-7;/h7-8H,2-5H2,1H3;1H. The summed E-state index contributed by atoms with van der Waals surface area (Å²) in [5, 5.41) is 3.18. The maximum absolute atomic E-state index is 10.3. The molecule has 0 aromatic heterocycles. The molecule has 0 aromatic rings. The summed E-state index contributed by atoms with van der Waals surface area (Å²) in [5.74, 6) is -0.386. The average molecular weight is 196 g/mol. The minimum absolute atomic E-state index is 0. The third-order valence-corrected chi connectivity index (χ3v) is 1.59. The molecule has 1 saturated heterocycles. The molecule has 72 valence electrons. The van der Waals surface area contributed by atoms with E-state index in [0.29, 0.717) is 0 Å². The summed E-state index contributed by atoms with van der Waals surface area (Å²) < 4.78 is 0. The van der Waals surface area contributed by atoms with Crippen molar-refractivity contribution in [1.82, 2.24) is 5.32 Å². The van der Waals surface area contributed by atoms with Crippen LogP contribution < -0.4 is 5.32 Å². The van der Waals surface area contributed by atoms with Crippen LogP contribution in [-0.4, -0.2) is 25.2 Å². The number of rotatable bonds is 2. The first-order chi connectivity index (χ1) is 5.29. The summed E-state index contributed by atoms with van der Waals surface area (Å²) in [4.78, 5) is 19.6. The normalized spacial score (nSPS) is 18.1. The van der Waals surface area contributed by atoms with Gasteiger partial charge in [0.2, 0.25) is 0 Å². The van der Waals surface area contributed by atoms with Crippen LogP contribution in [0.4, 0.5) is 0 Å². The molecule has 0 aliphatic carbocycles. The summed E-state index contributed by atoms with van der Waals surface area (Å²) in [6, 6.07) is 0. The summed E-state index contributed by atoms with van der Waals surface area (Å²) in [6.45, 7) is 3.21. The number of hydrogen-bond donors (Lipinski definition) is 1. The molecule has 0 bridgehead atoms. The monoisotopic (exact) mass is 195 g/mol. The first-order valence-corrected chi connectivity index (χ1v) is 3.83. The number of nitrogens with one attached hydrogen (secondary N) is 1. The van der Waals surface area contributed by atoms with Gasteiger partial charge in [-0.1, -0.05) is 0 Å². The number of hydrogen-bond acceptors (Lipinski definition) is 4. The highest BCUT2D eigenvalue weighted by Crippen LogP contribution is 2.06. The second-order valence-electron chi connectivity index (χ2n) is 2.62. The van der Waals surface area contributed by atoms with Gasteiger partial charge in [-0.15, -0.1) is 12.4 Å². The predicted octanol–water partition coefficient (Wildman–Crippen LogP) is 0.655. The summed E-state index contributed by atoms with van der Waals surface area (Å²) in [5.41, 5.74) is 0. The van der Waals surface area contributed by atoms with Gasteiger partial charge in [-0.2, -0.15) is 4.89 Å². The van der Waals surface area contributed by atoms with Gasteiger partial charge in [0.25, 0.3) is 0 Å². The van der Waals surface area contributed by atoms with E-state index in [2.05, 4.69) is 10.2 Å². The van der Waals surface area contributed by atoms with E-state index in [-0.39, 0.29) is 24.5 Å². The van der Waals surface area contributed by atoms with Crippen LogP contribution in [0, 0.1) is 0 Å². The summed E-state index contributed by atoms with van der Waals surface area (Å²) in [7, 11) is 0. The predicted molar refractivity (Wildman–Crippen MR) is 46.0 cm³/mol. The topological polar surface area (TPSA) is 47.6 Å². The van der Waals surface area contributed by atoms with Gasteiger partial charge in [0.15, 0.2) is 0 Å². The highest BCUT2D eigenvalue weighted by Gasteiger charge is 2.14. The van der Waals surface area contributed by atoms with E-state index in [9.17, 15) is 4.79 Å². The van der Waals surface area contributed by atoms with Crippen LogP contribution in [0.15, 0.2) is 0 Å². The van der Waals surface area contributed by atoms with Crippen molar-refractivity contribution in [2.45, 2.75) is 25.9 Å². The zero-order chi connectivity index (χ0) is 8.10. The Balaban J connectivity index is 0.00000121. The fourth-order valence-electron chi connectivity index (χ4n) is 1.03. The Hall–Kier alpha value is -0.320. The Labute approximate surface area is 77.9 Å². The van der Waals surface area contributed by atoms with E-state index in [1.807, 2.05) is 0 Å². The van der Waals surface area contributed by atoms with Crippen molar-refractivity contribution in [2.24, 2.45) is 0 Å². The van der Waals surface area contributed by atoms with Gasteiger partial charge < -0.3 is 5.32 Å². The van der Waals surface area contributed by atoms with Crippen molar-refractivity contribution in [2.75, 3.05) is 13.1 Å². The fourth-order valence-corrected chi connectivity index (χ4v) is 1.03.